The van der Waals surface area contributed by atoms with Crippen LogP contribution in [-0.4, -0.2) is 16.6 Å². The number of anilines is 1. The summed E-state index contributed by atoms with van der Waals surface area (Å²) in [6.07, 6.45) is 0. The third-order valence-electron chi connectivity index (χ3n) is 1.94. The Labute approximate surface area is 90.6 Å². The van der Waals surface area contributed by atoms with E-state index in [2.05, 4.69) is 0 Å². The van der Waals surface area contributed by atoms with E-state index in [1.807, 2.05) is 0 Å². The Kier molecular flexibility index (Phi) is 3.46. The molecule has 0 aromatic heterocycles. The molecule has 0 saturated carbocycles. The molecule has 0 aliphatic rings. The van der Waals surface area contributed by atoms with Crippen LogP contribution >= 0.6 is 11.6 Å². The van der Waals surface area contributed by atoms with Gasteiger partial charge in [-0.15, -0.1) is 0 Å². The van der Waals surface area contributed by atoms with Crippen LogP contribution in [-0.2, 0) is 0 Å². The summed E-state index contributed by atoms with van der Waals surface area (Å²) >= 11 is 5.79. The summed E-state index contributed by atoms with van der Waals surface area (Å²) in [7, 11) is 0. The standard InChI is InChI=1S/C8H10ClN3O3/c9-5-2-6(10)8(12(14)15)1-4(5)7(11)3-13/h1-2,7,13H,3,10-11H2/t7-/m0/s1. The number of nitro groups is 1. The van der Waals surface area contributed by atoms with E-state index in [-0.39, 0.29) is 23.0 Å². The molecule has 1 rings (SSSR count). The van der Waals surface area contributed by atoms with Gasteiger partial charge in [-0.3, -0.25) is 10.1 Å². The summed E-state index contributed by atoms with van der Waals surface area (Å²) in [6, 6.07) is 1.68. The van der Waals surface area contributed by atoms with Crippen molar-refractivity contribution in [2.45, 2.75) is 6.04 Å². The summed E-state index contributed by atoms with van der Waals surface area (Å²) in [4.78, 5) is 9.95. The lowest BCUT2D eigenvalue weighted by atomic mass is 10.1. The van der Waals surface area contributed by atoms with Crippen molar-refractivity contribution in [3.63, 3.8) is 0 Å². The molecule has 0 unspecified atom stereocenters. The molecular formula is C8H10ClN3O3. The number of aliphatic hydroxyl groups is 1. The molecule has 0 saturated heterocycles. The lowest BCUT2D eigenvalue weighted by Crippen LogP contribution is -2.15. The number of nitrogens with zero attached hydrogens (tertiary/aromatic N) is 1. The van der Waals surface area contributed by atoms with E-state index < -0.39 is 11.0 Å². The van der Waals surface area contributed by atoms with Crippen molar-refractivity contribution < 1.29 is 10.0 Å². The lowest BCUT2D eigenvalue weighted by Gasteiger charge is -2.11. The molecule has 1 aromatic rings. The predicted octanol–water partition coefficient (Wildman–Crippen LogP) is 0.823. The van der Waals surface area contributed by atoms with Crippen LogP contribution in [0.5, 0.6) is 0 Å². The number of halogens is 1. The second-order valence-corrected chi connectivity index (χ2v) is 3.39. The summed E-state index contributed by atoms with van der Waals surface area (Å²) in [6.45, 7) is -0.346. The summed E-state index contributed by atoms with van der Waals surface area (Å²) < 4.78 is 0. The van der Waals surface area contributed by atoms with E-state index in [9.17, 15) is 10.1 Å². The number of nitrogen functional groups attached to an aromatic ring is 1. The van der Waals surface area contributed by atoms with Gasteiger partial charge < -0.3 is 16.6 Å². The van der Waals surface area contributed by atoms with Crippen molar-refractivity contribution >= 4 is 23.0 Å². The van der Waals surface area contributed by atoms with Crippen LogP contribution in [0.25, 0.3) is 0 Å². The highest BCUT2D eigenvalue weighted by Gasteiger charge is 2.18. The Hall–Kier alpha value is -1.37. The molecule has 1 aromatic carbocycles. The SMILES string of the molecule is Nc1cc(Cl)c([C@@H](N)CO)cc1[N+](=O)[O-]. The molecule has 0 fully saturated rings. The van der Waals surface area contributed by atoms with Gasteiger partial charge in [0.15, 0.2) is 0 Å². The van der Waals surface area contributed by atoms with E-state index >= 15 is 0 Å². The van der Waals surface area contributed by atoms with Gasteiger partial charge in [0, 0.05) is 11.1 Å². The van der Waals surface area contributed by atoms with Crippen LogP contribution in [0.3, 0.4) is 0 Å². The zero-order valence-corrected chi connectivity index (χ0v) is 8.44. The van der Waals surface area contributed by atoms with Crippen LogP contribution in [0.4, 0.5) is 11.4 Å². The quantitative estimate of drug-likeness (QED) is 0.405. The predicted molar refractivity (Wildman–Crippen MR) is 56.5 cm³/mol. The van der Waals surface area contributed by atoms with E-state index in [0.717, 1.165) is 0 Å². The fourth-order valence-electron chi connectivity index (χ4n) is 1.13. The average Bonchev–Trinajstić information content (AvgIpc) is 2.16. The molecule has 7 heteroatoms. The first-order valence-corrected chi connectivity index (χ1v) is 4.45. The summed E-state index contributed by atoms with van der Waals surface area (Å²) in [5.74, 6) is 0. The number of hydrogen-bond acceptors (Lipinski definition) is 5. The molecule has 1 atom stereocenters. The fourth-order valence-corrected chi connectivity index (χ4v) is 1.45. The molecule has 82 valence electrons. The van der Waals surface area contributed by atoms with Crippen molar-refractivity contribution in [2.75, 3.05) is 12.3 Å². The van der Waals surface area contributed by atoms with Gasteiger partial charge in [0.1, 0.15) is 5.69 Å². The van der Waals surface area contributed by atoms with Crippen LogP contribution in [0, 0.1) is 10.1 Å². The third kappa shape index (κ3) is 2.35. The topological polar surface area (TPSA) is 115 Å². The van der Waals surface area contributed by atoms with Crippen LogP contribution < -0.4 is 11.5 Å². The van der Waals surface area contributed by atoms with Crippen molar-refractivity contribution in [3.8, 4) is 0 Å². The molecule has 0 spiro atoms. The Morgan fingerprint density at radius 1 is 1.60 bits per heavy atom. The summed E-state index contributed by atoms with van der Waals surface area (Å²) in [5, 5.41) is 19.6. The van der Waals surface area contributed by atoms with Crippen molar-refractivity contribution in [2.24, 2.45) is 5.73 Å². The number of aliphatic hydroxyl groups excluding tert-OH is 1. The van der Waals surface area contributed by atoms with Gasteiger partial charge in [-0.05, 0) is 11.6 Å². The van der Waals surface area contributed by atoms with E-state index in [1.165, 1.54) is 12.1 Å². The monoisotopic (exact) mass is 231 g/mol. The highest BCUT2D eigenvalue weighted by atomic mass is 35.5. The average molecular weight is 232 g/mol. The van der Waals surface area contributed by atoms with Crippen LogP contribution in [0.2, 0.25) is 5.02 Å². The Bertz CT molecular complexity index is 397. The van der Waals surface area contributed by atoms with Gasteiger partial charge in [-0.25, -0.2) is 0 Å². The molecule has 0 aliphatic carbocycles. The van der Waals surface area contributed by atoms with Crippen molar-refractivity contribution in [3.05, 3.63) is 32.8 Å². The van der Waals surface area contributed by atoms with E-state index in [1.54, 1.807) is 0 Å². The number of benzene rings is 1. The van der Waals surface area contributed by atoms with Gasteiger partial charge in [0.05, 0.1) is 17.6 Å². The first-order chi connectivity index (χ1) is 6.97. The minimum Gasteiger partial charge on any atom is -0.394 e. The number of hydrogen-bond donors (Lipinski definition) is 3. The summed E-state index contributed by atoms with van der Waals surface area (Å²) in [5.41, 5.74) is 10.9. The van der Waals surface area contributed by atoms with Crippen LogP contribution in [0.15, 0.2) is 12.1 Å². The lowest BCUT2D eigenvalue weighted by molar-refractivity contribution is -0.384. The maximum Gasteiger partial charge on any atom is 0.292 e. The molecule has 0 radical (unpaired) electrons. The molecule has 0 aliphatic heterocycles. The van der Waals surface area contributed by atoms with E-state index in [4.69, 9.17) is 28.2 Å². The molecular weight excluding hydrogens is 222 g/mol. The van der Waals surface area contributed by atoms with Crippen LogP contribution in [0.1, 0.15) is 11.6 Å². The Morgan fingerprint density at radius 3 is 2.67 bits per heavy atom. The van der Waals surface area contributed by atoms with E-state index in [0.29, 0.717) is 5.56 Å². The highest BCUT2D eigenvalue weighted by Crippen LogP contribution is 2.31. The second kappa shape index (κ2) is 4.43. The first kappa shape index (κ1) is 11.7. The normalized spacial score (nSPS) is 12.5. The molecule has 15 heavy (non-hydrogen) atoms. The maximum atomic E-state index is 10.6. The third-order valence-corrected chi connectivity index (χ3v) is 2.27. The second-order valence-electron chi connectivity index (χ2n) is 2.98. The highest BCUT2D eigenvalue weighted by molar-refractivity contribution is 6.31. The van der Waals surface area contributed by atoms with Gasteiger partial charge in [-0.1, -0.05) is 11.6 Å². The maximum absolute atomic E-state index is 10.6. The molecule has 5 N–H and O–H groups in total. The minimum atomic E-state index is -0.753. The number of rotatable bonds is 3. The first-order valence-electron chi connectivity index (χ1n) is 4.07. The fraction of sp³-hybridized carbons (Fsp3) is 0.250. The van der Waals surface area contributed by atoms with Gasteiger partial charge in [0.2, 0.25) is 0 Å². The Morgan fingerprint density at radius 2 is 2.20 bits per heavy atom. The van der Waals surface area contributed by atoms with Gasteiger partial charge in [0.25, 0.3) is 5.69 Å². The number of nitro benzene ring substituents is 1. The Balaban J connectivity index is 3.29. The zero-order valence-electron chi connectivity index (χ0n) is 7.68. The van der Waals surface area contributed by atoms with Crippen molar-refractivity contribution in [1.82, 2.24) is 0 Å². The molecule has 0 heterocycles. The molecule has 0 amide bonds. The minimum absolute atomic E-state index is 0.0288. The number of nitrogens with two attached hydrogens (primary N) is 2. The van der Waals surface area contributed by atoms with Crippen molar-refractivity contribution in [1.29, 1.82) is 0 Å². The zero-order chi connectivity index (χ0) is 11.6. The molecule has 6 nitrogen and oxygen atoms in total. The molecule has 0 bridgehead atoms. The smallest absolute Gasteiger partial charge is 0.292 e. The van der Waals surface area contributed by atoms with Gasteiger partial charge in [-0.2, -0.15) is 0 Å². The largest absolute Gasteiger partial charge is 0.394 e. The van der Waals surface area contributed by atoms with Gasteiger partial charge >= 0.3 is 0 Å².